The van der Waals surface area contributed by atoms with Crippen molar-refractivity contribution in [3.8, 4) is 0 Å². The average Bonchev–Trinajstić information content (AvgIpc) is 2.44. The SMILES string of the molecule is C[C@@H](N)c1cnn(CC2CCC2)c1. The predicted molar refractivity (Wildman–Crippen MR) is 52.2 cm³/mol. The van der Waals surface area contributed by atoms with Crippen molar-refractivity contribution < 1.29 is 0 Å². The molecule has 1 aromatic rings. The third-order valence-electron chi connectivity index (χ3n) is 2.85. The van der Waals surface area contributed by atoms with E-state index in [9.17, 15) is 0 Å². The lowest BCUT2D eigenvalue weighted by Crippen LogP contribution is -2.18. The molecular formula is C10H17N3. The molecule has 1 aliphatic rings. The minimum Gasteiger partial charge on any atom is -0.324 e. The van der Waals surface area contributed by atoms with Crippen molar-refractivity contribution in [2.45, 2.75) is 38.8 Å². The molecule has 0 unspecified atom stereocenters. The van der Waals surface area contributed by atoms with Crippen molar-refractivity contribution in [3.63, 3.8) is 0 Å². The van der Waals surface area contributed by atoms with Gasteiger partial charge in [-0.15, -0.1) is 0 Å². The predicted octanol–water partition coefficient (Wildman–Crippen LogP) is 1.70. The van der Waals surface area contributed by atoms with Crippen LogP contribution in [0.15, 0.2) is 12.4 Å². The first kappa shape index (κ1) is 8.75. The number of hydrogen-bond acceptors (Lipinski definition) is 2. The fourth-order valence-corrected chi connectivity index (χ4v) is 1.65. The molecule has 1 atom stereocenters. The quantitative estimate of drug-likeness (QED) is 0.767. The molecule has 13 heavy (non-hydrogen) atoms. The standard InChI is InChI=1S/C10H17N3/c1-8(11)10-5-12-13(7-10)6-9-3-2-4-9/h5,7-9H,2-4,6,11H2,1H3/t8-/m1/s1. The Morgan fingerprint density at radius 3 is 2.92 bits per heavy atom. The Kier molecular flexibility index (Phi) is 2.36. The molecule has 0 spiro atoms. The van der Waals surface area contributed by atoms with Crippen LogP contribution in [0.2, 0.25) is 0 Å². The summed E-state index contributed by atoms with van der Waals surface area (Å²) in [4.78, 5) is 0. The van der Waals surface area contributed by atoms with Crippen molar-refractivity contribution in [2.75, 3.05) is 0 Å². The van der Waals surface area contributed by atoms with Gasteiger partial charge in [0.2, 0.25) is 0 Å². The summed E-state index contributed by atoms with van der Waals surface area (Å²) in [7, 11) is 0. The Bertz CT molecular complexity index is 273. The van der Waals surface area contributed by atoms with Crippen LogP contribution in [0, 0.1) is 5.92 Å². The number of nitrogens with two attached hydrogens (primary N) is 1. The van der Waals surface area contributed by atoms with Crippen LogP contribution in [-0.4, -0.2) is 9.78 Å². The average molecular weight is 179 g/mol. The molecule has 2 rings (SSSR count). The Labute approximate surface area is 78.9 Å². The molecule has 1 aromatic heterocycles. The minimum atomic E-state index is 0.107. The van der Waals surface area contributed by atoms with Gasteiger partial charge in [0.1, 0.15) is 0 Å². The van der Waals surface area contributed by atoms with Gasteiger partial charge in [-0.1, -0.05) is 6.42 Å². The summed E-state index contributed by atoms with van der Waals surface area (Å²) in [6.45, 7) is 3.07. The molecule has 2 N–H and O–H groups in total. The number of aromatic nitrogens is 2. The summed E-state index contributed by atoms with van der Waals surface area (Å²) < 4.78 is 2.03. The van der Waals surface area contributed by atoms with Gasteiger partial charge in [0.05, 0.1) is 6.20 Å². The highest BCUT2D eigenvalue weighted by atomic mass is 15.3. The van der Waals surface area contributed by atoms with E-state index in [-0.39, 0.29) is 6.04 Å². The maximum atomic E-state index is 5.75. The zero-order valence-electron chi connectivity index (χ0n) is 8.11. The summed E-state index contributed by atoms with van der Waals surface area (Å²) in [5.41, 5.74) is 6.89. The lowest BCUT2D eigenvalue weighted by atomic mass is 9.85. The zero-order chi connectivity index (χ0) is 9.26. The lowest BCUT2D eigenvalue weighted by Gasteiger charge is -2.24. The molecule has 1 aliphatic carbocycles. The number of rotatable bonds is 3. The van der Waals surface area contributed by atoms with E-state index in [0.29, 0.717) is 0 Å². The molecule has 3 nitrogen and oxygen atoms in total. The lowest BCUT2D eigenvalue weighted by molar-refractivity contribution is 0.266. The molecule has 0 aliphatic heterocycles. The van der Waals surface area contributed by atoms with Crippen LogP contribution < -0.4 is 5.73 Å². The van der Waals surface area contributed by atoms with Crippen molar-refractivity contribution in [1.29, 1.82) is 0 Å². The summed E-state index contributed by atoms with van der Waals surface area (Å²) >= 11 is 0. The largest absolute Gasteiger partial charge is 0.324 e. The fraction of sp³-hybridized carbons (Fsp3) is 0.700. The van der Waals surface area contributed by atoms with Crippen molar-refractivity contribution in [2.24, 2.45) is 11.7 Å². The van der Waals surface area contributed by atoms with E-state index in [0.717, 1.165) is 18.0 Å². The van der Waals surface area contributed by atoms with E-state index in [1.165, 1.54) is 19.3 Å². The number of hydrogen-bond donors (Lipinski definition) is 1. The Hall–Kier alpha value is -0.830. The highest BCUT2D eigenvalue weighted by molar-refractivity contribution is 5.08. The van der Waals surface area contributed by atoms with Crippen LogP contribution in [0.25, 0.3) is 0 Å². The van der Waals surface area contributed by atoms with Crippen LogP contribution in [0.3, 0.4) is 0 Å². The minimum absolute atomic E-state index is 0.107. The molecule has 0 amide bonds. The second-order valence-electron chi connectivity index (χ2n) is 4.08. The molecule has 1 fully saturated rings. The molecular weight excluding hydrogens is 162 g/mol. The highest BCUT2D eigenvalue weighted by Crippen LogP contribution is 2.27. The Balaban J connectivity index is 1.96. The van der Waals surface area contributed by atoms with Gasteiger partial charge < -0.3 is 5.73 Å². The normalized spacial score (nSPS) is 19.8. The van der Waals surface area contributed by atoms with Gasteiger partial charge in [-0.2, -0.15) is 5.10 Å². The topological polar surface area (TPSA) is 43.8 Å². The monoisotopic (exact) mass is 179 g/mol. The van der Waals surface area contributed by atoms with E-state index in [2.05, 4.69) is 11.3 Å². The summed E-state index contributed by atoms with van der Waals surface area (Å²) in [6, 6.07) is 0.107. The molecule has 0 aromatic carbocycles. The van der Waals surface area contributed by atoms with E-state index in [1.54, 1.807) is 0 Å². The highest BCUT2D eigenvalue weighted by Gasteiger charge is 2.18. The summed E-state index contributed by atoms with van der Waals surface area (Å²) in [6.07, 6.45) is 8.08. The molecule has 3 heteroatoms. The fourth-order valence-electron chi connectivity index (χ4n) is 1.65. The molecule has 72 valence electrons. The van der Waals surface area contributed by atoms with Gasteiger partial charge in [0, 0.05) is 24.3 Å². The molecule has 0 saturated heterocycles. The second-order valence-corrected chi connectivity index (χ2v) is 4.08. The summed E-state index contributed by atoms with van der Waals surface area (Å²) in [5, 5.41) is 4.30. The van der Waals surface area contributed by atoms with Gasteiger partial charge in [-0.25, -0.2) is 0 Å². The van der Waals surface area contributed by atoms with E-state index >= 15 is 0 Å². The van der Waals surface area contributed by atoms with Gasteiger partial charge in [0.15, 0.2) is 0 Å². The number of nitrogens with zero attached hydrogens (tertiary/aromatic N) is 2. The molecule has 1 saturated carbocycles. The van der Waals surface area contributed by atoms with E-state index < -0.39 is 0 Å². The van der Waals surface area contributed by atoms with Crippen molar-refractivity contribution in [1.82, 2.24) is 9.78 Å². The van der Waals surface area contributed by atoms with Crippen LogP contribution >= 0.6 is 0 Å². The van der Waals surface area contributed by atoms with Crippen LogP contribution in [0.5, 0.6) is 0 Å². The van der Waals surface area contributed by atoms with Gasteiger partial charge in [-0.3, -0.25) is 4.68 Å². The molecule has 0 bridgehead atoms. The third kappa shape index (κ3) is 1.91. The Morgan fingerprint density at radius 2 is 2.46 bits per heavy atom. The van der Waals surface area contributed by atoms with Crippen molar-refractivity contribution >= 4 is 0 Å². The van der Waals surface area contributed by atoms with Crippen LogP contribution in [0.1, 0.15) is 37.8 Å². The summed E-state index contributed by atoms with van der Waals surface area (Å²) in [5.74, 6) is 0.862. The first-order valence-corrected chi connectivity index (χ1v) is 5.03. The smallest absolute Gasteiger partial charge is 0.0537 e. The van der Waals surface area contributed by atoms with E-state index in [1.807, 2.05) is 17.8 Å². The van der Waals surface area contributed by atoms with Gasteiger partial charge >= 0.3 is 0 Å². The first-order valence-electron chi connectivity index (χ1n) is 5.03. The van der Waals surface area contributed by atoms with Crippen molar-refractivity contribution in [3.05, 3.63) is 18.0 Å². The molecule has 1 heterocycles. The zero-order valence-corrected chi connectivity index (χ0v) is 8.11. The van der Waals surface area contributed by atoms with Gasteiger partial charge in [0.25, 0.3) is 0 Å². The maximum Gasteiger partial charge on any atom is 0.0537 e. The molecule has 0 radical (unpaired) electrons. The first-order chi connectivity index (χ1) is 6.25. The van der Waals surface area contributed by atoms with Crippen LogP contribution in [-0.2, 0) is 6.54 Å². The van der Waals surface area contributed by atoms with Crippen LogP contribution in [0.4, 0.5) is 0 Å². The second kappa shape index (κ2) is 3.50. The van der Waals surface area contributed by atoms with E-state index in [4.69, 9.17) is 5.73 Å². The third-order valence-corrected chi connectivity index (χ3v) is 2.85. The Morgan fingerprint density at radius 1 is 1.69 bits per heavy atom. The van der Waals surface area contributed by atoms with Gasteiger partial charge in [-0.05, 0) is 25.7 Å². The maximum absolute atomic E-state index is 5.75.